The summed E-state index contributed by atoms with van der Waals surface area (Å²) < 4.78 is 5.67. The van der Waals surface area contributed by atoms with E-state index in [2.05, 4.69) is 24.3 Å². The standard InChI is InChI=1S/C15H15NO/c1-2-6-12(7-3-1)13-8-4-9-14(16-13)15-10-5-11-17-15/h1-4,6-9,15H,5,10-11H2. The van der Waals surface area contributed by atoms with Crippen LogP contribution >= 0.6 is 0 Å². The molecular formula is C15H15NO. The predicted molar refractivity (Wildman–Crippen MR) is 67.6 cm³/mol. The number of nitrogens with zero attached hydrogens (tertiary/aromatic N) is 1. The zero-order valence-electron chi connectivity index (χ0n) is 9.67. The Morgan fingerprint density at radius 3 is 2.65 bits per heavy atom. The van der Waals surface area contributed by atoms with Crippen LogP contribution in [0.1, 0.15) is 24.6 Å². The van der Waals surface area contributed by atoms with E-state index in [1.165, 1.54) is 0 Å². The number of hydrogen-bond acceptors (Lipinski definition) is 2. The van der Waals surface area contributed by atoms with Gasteiger partial charge in [-0.05, 0) is 25.0 Å². The summed E-state index contributed by atoms with van der Waals surface area (Å²) in [5.74, 6) is 0. The lowest BCUT2D eigenvalue weighted by Crippen LogP contribution is -1.99. The first-order valence-electron chi connectivity index (χ1n) is 6.07. The SMILES string of the molecule is c1ccc(-c2cccc(C3CCCO3)n2)cc1. The third-order valence-corrected chi connectivity index (χ3v) is 3.10. The Morgan fingerprint density at radius 2 is 1.88 bits per heavy atom. The van der Waals surface area contributed by atoms with Crippen LogP contribution in [0.4, 0.5) is 0 Å². The molecule has 0 aliphatic carbocycles. The van der Waals surface area contributed by atoms with Gasteiger partial charge in [0.05, 0.1) is 17.5 Å². The Bertz CT molecular complexity index is 489. The highest BCUT2D eigenvalue weighted by Gasteiger charge is 2.19. The molecule has 1 aromatic heterocycles. The van der Waals surface area contributed by atoms with Crippen LogP contribution in [-0.2, 0) is 4.74 Å². The number of aromatic nitrogens is 1. The van der Waals surface area contributed by atoms with Crippen molar-refractivity contribution in [2.75, 3.05) is 6.61 Å². The van der Waals surface area contributed by atoms with Crippen molar-refractivity contribution in [2.24, 2.45) is 0 Å². The van der Waals surface area contributed by atoms with E-state index in [0.717, 1.165) is 36.4 Å². The molecule has 1 atom stereocenters. The lowest BCUT2D eigenvalue weighted by molar-refractivity contribution is 0.109. The molecule has 1 fully saturated rings. The molecule has 0 radical (unpaired) electrons. The number of rotatable bonds is 2. The average Bonchev–Trinajstić information content (AvgIpc) is 2.94. The van der Waals surface area contributed by atoms with Gasteiger partial charge in [-0.1, -0.05) is 36.4 Å². The third-order valence-electron chi connectivity index (χ3n) is 3.10. The minimum atomic E-state index is 0.193. The van der Waals surface area contributed by atoms with Gasteiger partial charge in [0.15, 0.2) is 0 Å². The lowest BCUT2D eigenvalue weighted by Gasteiger charge is -2.10. The van der Waals surface area contributed by atoms with E-state index in [1.54, 1.807) is 0 Å². The summed E-state index contributed by atoms with van der Waals surface area (Å²) in [5.41, 5.74) is 3.25. The van der Waals surface area contributed by atoms with Crippen LogP contribution in [-0.4, -0.2) is 11.6 Å². The van der Waals surface area contributed by atoms with E-state index >= 15 is 0 Å². The van der Waals surface area contributed by atoms with Crippen LogP contribution < -0.4 is 0 Å². The van der Waals surface area contributed by atoms with E-state index in [4.69, 9.17) is 9.72 Å². The second-order valence-corrected chi connectivity index (χ2v) is 4.32. The van der Waals surface area contributed by atoms with Gasteiger partial charge in [-0.25, -0.2) is 0 Å². The molecule has 2 nitrogen and oxygen atoms in total. The van der Waals surface area contributed by atoms with Crippen LogP contribution in [0, 0.1) is 0 Å². The molecular weight excluding hydrogens is 210 g/mol. The van der Waals surface area contributed by atoms with Gasteiger partial charge in [0, 0.05) is 12.2 Å². The first-order chi connectivity index (χ1) is 8.43. The van der Waals surface area contributed by atoms with Gasteiger partial charge < -0.3 is 4.74 Å². The summed E-state index contributed by atoms with van der Waals surface area (Å²) in [5, 5.41) is 0. The normalized spacial score (nSPS) is 19.4. The van der Waals surface area contributed by atoms with Crippen LogP contribution in [0.3, 0.4) is 0 Å². The Kier molecular flexibility index (Phi) is 2.88. The molecule has 17 heavy (non-hydrogen) atoms. The predicted octanol–water partition coefficient (Wildman–Crippen LogP) is 3.60. The Balaban J connectivity index is 1.94. The number of benzene rings is 1. The molecule has 2 aromatic rings. The molecule has 0 amide bonds. The quantitative estimate of drug-likeness (QED) is 0.779. The molecule has 1 unspecified atom stereocenters. The smallest absolute Gasteiger partial charge is 0.0995 e. The highest BCUT2D eigenvalue weighted by atomic mass is 16.5. The first-order valence-corrected chi connectivity index (χ1v) is 6.07. The number of pyridine rings is 1. The minimum Gasteiger partial charge on any atom is -0.372 e. The summed E-state index contributed by atoms with van der Waals surface area (Å²) in [6, 6.07) is 16.4. The van der Waals surface area contributed by atoms with Crippen molar-refractivity contribution in [3.63, 3.8) is 0 Å². The van der Waals surface area contributed by atoms with Gasteiger partial charge in [-0.3, -0.25) is 4.98 Å². The monoisotopic (exact) mass is 225 g/mol. The fourth-order valence-electron chi connectivity index (χ4n) is 2.21. The van der Waals surface area contributed by atoms with Crippen molar-refractivity contribution >= 4 is 0 Å². The summed E-state index contributed by atoms with van der Waals surface area (Å²) in [7, 11) is 0. The van der Waals surface area contributed by atoms with E-state index in [9.17, 15) is 0 Å². The largest absolute Gasteiger partial charge is 0.372 e. The molecule has 2 heteroatoms. The summed E-state index contributed by atoms with van der Waals surface area (Å²) in [4.78, 5) is 4.70. The van der Waals surface area contributed by atoms with Crippen LogP contribution in [0.25, 0.3) is 11.3 Å². The van der Waals surface area contributed by atoms with Crippen molar-refractivity contribution in [2.45, 2.75) is 18.9 Å². The zero-order valence-corrected chi connectivity index (χ0v) is 9.67. The molecule has 2 heterocycles. The topological polar surface area (TPSA) is 22.1 Å². The van der Waals surface area contributed by atoms with Gasteiger partial charge in [-0.2, -0.15) is 0 Å². The van der Waals surface area contributed by atoms with Crippen molar-refractivity contribution in [1.82, 2.24) is 4.98 Å². The molecule has 0 spiro atoms. The van der Waals surface area contributed by atoms with Crippen LogP contribution in [0.15, 0.2) is 48.5 Å². The highest BCUT2D eigenvalue weighted by Crippen LogP contribution is 2.28. The maximum absolute atomic E-state index is 5.67. The minimum absolute atomic E-state index is 0.193. The average molecular weight is 225 g/mol. The fourth-order valence-corrected chi connectivity index (χ4v) is 2.21. The van der Waals surface area contributed by atoms with E-state index in [0.29, 0.717) is 0 Å². The van der Waals surface area contributed by atoms with Gasteiger partial charge >= 0.3 is 0 Å². The number of ether oxygens (including phenoxy) is 1. The van der Waals surface area contributed by atoms with E-state index in [1.807, 2.05) is 24.3 Å². The zero-order chi connectivity index (χ0) is 11.5. The second-order valence-electron chi connectivity index (χ2n) is 4.32. The van der Waals surface area contributed by atoms with Crippen molar-refractivity contribution in [3.8, 4) is 11.3 Å². The van der Waals surface area contributed by atoms with Gasteiger partial charge in [0.1, 0.15) is 0 Å². The maximum atomic E-state index is 5.67. The van der Waals surface area contributed by atoms with E-state index < -0.39 is 0 Å². The van der Waals surface area contributed by atoms with Crippen molar-refractivity contribution in [1.29, 1.82) is 0 Å². The fraction of sp³-hybridized carbons (Fsp3) is 0.267. The molecule has 0 N–H and O–H groups in total. The Morgan fingerprint density at radius 1 is 1.00 bits per heavy atom. The molecule has 1 aliphatic heterocycles. The second kappa shape index (κ2) is 4.68. The van der Waals surface area contributed by atoms with Gasteiger partial charge in [0.25, 0.3) is 0 Å². The van der Waals surface area contributed by atoms with Crippen LogP contribution in [0.5, 0.6) is 0 Å². The molecule has 3 rings (SSSR count). The molecule has 1 aliphatic rings. The maximum Gasteiger partial charge on any atom is 0.0995 e. The molecule has 1 saturated heterocycles. The highest BCUT2D eigenvalue weighted by molar-refractivity contribution is 5.58. The number of hydrogen-bond donors (Lipinski definition) is 0. The first kappa shape index (κ1) is 10.5. The molecule has 1 aromatic carbocycles. The Hall–Kier alpha value is -1.67. The van der Waals surface area contributed by atoms with Crippen LogP contribution in [0.2, 0.25) is 0 Å². The van der Waals surface area contributed by atoms with Crippen molar-refractivity contribution < 1.29 is 4.74 Å². The lowest BCUT2D eigenvalue weighted by atomic mass is 10.1. The van der Waals surface area contributed by atoms with Gasteiger partial charge in [-0.15, -0.1) is 0 Å². The summed E-state index contributed by atoms with van der Waals surface area (Å²) in [6.45, 7) is 0.863. The summed E-state index contributed by atoms with van der Waals surface area (Å²) >= 11 is 0. The van der Waals surface area contributed by atoms with Crippen molar-refractivity contribution in [3.05, 3.63) is 54.2 Å². The molecule has 0 bridgehead atoms. The molecule has 0 saturated carbocycles. The Labute approximate surface area is 101 Å². The molecule has 86 valence electrons. The van der Waals surface area contributed by atoms with Gasteiger partial charge in [0.2, 0.25) is 0 Å². The van der Waals surface area contributed by atoms with E-state index in [-0.39, 0.29) is 6.10 Å². The summed E-state index contributed by atoms with van der Waals surface area (Å²) in [6.07, 6.45) is 2.42. The third kappa shape index (κ3) is 2.22.